The Morgan fingerprint density at radius 1 is 1.14 bits per heavy atom. The average Bonchev–Trinajstić information content (AvgIpc) is 2.88. The number of anilines is 1. The Morgan fingerprint density at radius 3 is 2.50 bits per heavy atom. The van der Waals surface area contributed by atoms with Crippen LogP contribution < -0.4 is 19.5 Å². The highest BCUT2D eigenvalue weighted by atomic mass is 79.9. The number of benzene rings is 3. The number of nitrogens with zero attached hydrogens (tertiary/aromatic N) is 2. The van der Waals surface area contributed by atoms with Gasteiger partial charge in [0.25, 0.3) is 11.6 Å². The van der Waals surface area contributed by atoms with Gasteiger partial charge < -0.3 is 19.5 Å². The molecular weight excluding hydrogens is 530 g/mol. The third kappa shape index (κ3) is 6.84. The van der Waals surface area contributed by atoms with E-state index >= 15 is 0 Å². The number of non-ortho nitro benzene ring substituents is 1. The molecule has 0 saturated heterocycles. The highest BCUT2D eigenvalue weighted by Gasteiger charge is 2.15. The van der Waals surface area contributed by atoms with Gasteiger partial charge in [-0.25, -0.2) is 0 Å². The van der Waals surface area contributed by atoms with Crippen LogP contribution in [-0.2, 0) is 11.4 Å². The molecule has 0 fully saturated rings. The van der Waals surface area contributed by atoms with Crippen LogP contribution in [0.15, 0.2) is 70.7 Å². The second-order valence-electron chi connectivity index (χ2n) is 7.32. The van der Waals surface area contributed by atoms with Crippen LogP contribution in [0.5, 0.6) is 17.2 Å². The number of ether oxygens (including phenoxy) is 3. The first-order valence-corrected chi connectivity index (χ1v) is 11.5. The Balaban J connectivity index is 1.83. The molecule has 0 radical (unpaired) electrons. The lowest BCUT2D eigenvalue weighted by molar-refractivity contribution is -0.384. The number of nitrogens with one attached hydrogen (secondary N) is 1. The van der Waals surface area contributed by atoms with Gasteiger partial charge in [0.2, 0.25) is 0 Å². The van der Waals surface area contributed by atoms with Crippen LogP contribution >= 0.6 is 15.9 Å². The van der Waals surface area contributed by atoms with E-state index in [0.29, 0.717) is 45.1 Å². The van der Waals surface area contributed by atoms with Crippen LogP contribution in [0.2, 0.25) is 0 Å². The second-order valence-corrected chi connectivity index (χ2v) is 8.18. The molecule has 36 heavy (non-hydrogen) atoms. The lowest BCUT2D eigenvalue weighted by Crippen LogP contribution is -2.13. The molecule has 3 aromatic carbocycles. The molecule has 0 aliphatic carbocycles. The van der Waals surface area contributed by atoms with Gasteiger partial charge in [-0.05, 0) is 60.5 Å². The number of nitro groups is 1. The van der Waals surface area contributed by atoms with E-state index in [2.05, 4.69) is 21.2 Å². The van der Waals surface area contributed by atoms with Crippen molar-refractivity contribution in [3.63, 3.8) is 0 Å². The number of carbonyl (C=O) groups excluding carboxylic acids is 1. The molecule has 0 aliphatic heterocycles. The molecule has 0 spiro atoms. The van der Waals surface area contributed by atoms with E-state index in [4.69, 9.17) is 14.2 Å². The van der Waals surface area contributed by atoms with Gasteiger partial charge in [0.15, 0.2) is 11.5 Å². The molecule has 3 rings (SSSR count). The summed E-state index contributed by atoms with van der Waals surface area (Å²) in [7, 11) is 1.54. The van der Waals surface area contributed by atoms with E-state index < -0.39 is 10.8 Å². The predicted octanol–water partition coefficient (Wildman–Crippen LogP) is 5.89. The van der Waals surface area contributed by atoms with E-state index in [1.807, 2.05) is 13.0 Å². The quantitative estimate of drug-likeness (QED) is 0.144. The molecule has 0 bridgehead atoms. The topological polar surface area (TPSA) is 124 Å². The molecule has 0 unspecified atom stereocenters. The van der Waals surface area contributed by atoms with Crippen LogP contribution in [0, 0.1) is 21.4 Å². The lowest BCUT2D eigenvalue weighted by atomic mass is 10.1. The van der Waals surface area contributed by atoms with Gasteiger partial charge in [0.1, 0.15) is 24.0 Å². The van der Waals surface area contributed by atoms with Crippen molar-refractivity contribution in [2.24, 2.45) is 0 Å². The minimum Gasteiger partial charge on any atom is -0.497 e. The Bertz CT molecular complexity index is 1330. The standard InChI is InChI=1S/C26H22BrN3O6/c1-3-35-24-13-18(12-19(15-28)26(31)29-20-7-9-22(34-2)10-8-20)23(27)14-25(24)36-16-17-5-4-6-21(11-17)30(32)33/h4-14H,3,16H2,1-2H3,(H,29,31)/b19-12+. The highest BCUT2D eigenvalue weighted by molar-refractivity contribution is 9.10. The molecule has 0 atom stereocenters. The zero-order chi connectivity index (χ0) is 26.1. The molecule has 9 nitrogen and oxygen atoms in total. The molecule has 3 aromatic rings. The van der Waals surface area contributed by atoms with Gasteiger partial charge in [-0.2, -0.15) is 5.26 Å². The number of methoxy groups -OCH3 is 1. The van der Waals surface area contributed by atoms with E-state index in [9.17, 15) is 20.2 Å². The molecule has 0 saturated carbocycles. The van der Waals surface area contributed by atoms with E-state index in [0.717, 1.165) is 0 Å². The minimum absolute atomic E-state index is 0.0280. The van der Waals surface area contributed by atoms with Crippen molar-refractivity contribution in [2.45, 2.75) is 13.5 Å². The predicted molar refractivity (Wildman–Crippen MR) is 138 cm³/mol. The van der Waals surface area contributed by atoms with Crippen LogP contribution in [0.25, 0.3) is 6.08 Å². The maximum atomic E-state index is 12.7. The highest BCUT2D eigenvalue weighted by Crippen LogP contribution is 2.35. The minimum atomic E-state index is -0.571. The average molecular weight is 552 g/mol. The van der Waals surface area contributed by atoms with Crippen molar-refractivity contribution in [2.75, 3.05) is 19.0 Å². The Labute approximate surface area is 216 Å². The smallest absolute Gasteiger partial charge is 0.269 e. The number of nitriles is 1. The Kier molecular flexibility index (Phi) is 9.02. The van der Waals surface area contributed by atoms with Crippen LogP contribution in [0.3, 0.4) is 0 Å². The summed E-state index contributed by atoms with van der Waals surface area (Å²) in [5.41, 5.74) is 1.52. The van der Waals surface area contributed by atoms with E-state index in [-0.39, 0.29) is 17.9 Å². The largest absolute Gasteiger partial charge is 0.497 e. The third-order valence-corrected chi connectivity index (χ3v) is 5.58. The summed E-state index contributed by atoms with van der Waals surface area (Å²) in [5.74, 6) is 0.863. The summed E-state index contributed by atoms with van der Waals surface area (Å²) in [6.07, 6.45) is 1.44. The molecular formula is C26H22BrN3O6. The number of halogens is 1. The summed E-state index contributed by atoms with van der Waals surface area (Å²) >= 11 is 3.45. The monoisotopic (exact) mass is 551 g/mol. The van der Waals surface area contributed by atoms with Crippen LogP contribution in [0.1, 0.15) is 18.1 Å². The SMILES string of the molecule is CCOc1cc(/C=C(\C#N)C(=O)Nc2ccc(OC)cc2)c(Br)cc1OCc1cccc([N+](=O)[O-])c1. The number of nitro benzene ring substituents is 1. The van der Waals surface area contributed by atoms with Gasteiger partial charge >= 0.3 is 0 Å². The molecule has 0 heterocycles. The van der Waals surface area contributed by atoms with Gasteiger partial charge in [-0.1, -0.05) is 28.1 Å². The van der Waals surface area contributed by atoms with Gasteiger partial charge in [0, 0.05) is 22.3 Å². The van der Waals surface area contributed by atoms with Gasteiger partial charge in [-0.3, -0.25) is 14.9 Å². The fourth-order valence-corrected chi connectivity index (χ4v) is 3.58. The van der Waals surface area contributed by atoms with Gasteiger partial charge in [-0.15, -0.1) is 0 Å². The molecule has 0 aliphatic rings. The number of hydrogen-bond donors (Lipinski definition) is 1. The first kappa shape index (κ1) is 26.2. The second kappa shape index (κ2) is 12.4. The molecule has 1 N–H and O–H groups in total. The molecule has 10 heteroatoms. The summed E-state index contributed by atoms with van der Waals surface area (Å²) in [6.45, 7) is 2.24. The Morgan fingerprint density at radius 2 is 1.86 bits per heavy atom. The molecule has 184 valence electrons. The van der Waals surface area contributed by atoms with E-state index in [1.165, 1.54) is 18.2 Å². The van der Waals surface area contributed by atoms with Crippen molar-refractivity contribution in [1.29, 1.82) is 5.26 Å². The zero-order valence-corrected chi connectivity index (χ0v) is 21.1. The summed E-state index contributed by atoms with van der Waals surface area (Å²) < 4.78 is 17.2. The normalized spacial score (nSPS) is 10.8. The Hall–Kier alpha value is -4.36. The zero-order valence-electron chi connectivity index (χ0n) is 19.5. The fraction of sp³-hybridized carbons (Fsp3) is 0.154. The summed E-state index contributed by atoms with van der Waals surface area (Å²) in [6, 6.07) is 18.1. The van der Waals surface area contributed by atoms with Crippen molar-refractivity contribution < 1.29 is 23.9 Å². The maximum absolute atomic E-state index is 12.7. The number of amides is 1. The van der Waals surface area contributed by atoms with E-state index in [1.54, 1.807) is 55.6 Å². The number of rotatable bonds is 10. The van der Waals surface area contributed by atoms with Gasteiger partial charge in [0.05, 0.1) is 18.6 Å². The van der Waals surface area contributed by atoms with Crippen molar-refractivity contribution in [1.82, 2.24) is 0 Å². The molecule has 0 aromatic heterocycles. The fourth-order valence-electron chi connectivity index (χ4n) is 3.14. The van der Waals surface area contributed by atoms with Crippen LogP contribution in [0.4, 0.5) is 11.4 Å². The lowest BCUT2D eigenvalue weighted by Gasteiger charge is -2.14. The van der Waals surface area contributed by atoms with Crippen molar-refractivity contribution >= 4 is 39.3 Å². The maximum Gasteiger partial charge on any atom is 0.269 e. The summed E-state index contributed by atoms with van der Waals surface area (Å²) in [5, 5.41) is 23.3. The van der Waals surface area contributed by atoms with Crippen molar-refractivity contribution in [3.8, 4) is 23.3 Å². The first-order valence-electron chi connectivity index (χ1n) is 10.7. The first-order chi connectivity index (χ1) is 17.3. The summed E-state index contributed by atoms with van der Waals surface area (Å²) in [4.78, 5) is 23.2. The van der Waals surface area contributed by atoms with Crippen molar-refractivity contribution in [3.05, 3.63) is 92.0 Å². The third-order valence-electron chi connectivity index (χ3n) is 4.89. The number of carbonyl (C=O) groups is 1. The van der Waals surface area contributed by atoms with Crippen LogP contribution in [-0.4, -0.2) is 24.5 Å². The molecule has 1 amide bonds. The number of hydrogen-bond acceptors (Lipinski definition) is 7.